The molecule has 1 amide bonds. The van der Waals surface area contributed by atoms with E-state index in [1.54, 1.807) is 0 Å². The van der Waals surface area contributed by atoms with Crippen molar-refractivity contribution in [2.24, 2.45) is 11.8 Å². The number of amides is 1. The van der Waals surface area contributed by atoms with E-state index in [1.165, 1.54) is 12.8 Å². The van der Waals surface area contributed by atoms with Gasteiger partial charge in [0, 0.05) is 57.2 Å². The van der Waals surface area contributed by atoms with Crippen LogP contribution in [0.1, 0.15) is 33.6 Å². The second-order valence-electron chi connectivity index (χ2n) is 8.86. The van der Waals surface area contributed by atoms with E-state index in [9.17, 15) is 4.79 Å². The van der Waals surface area contributed by atoms with E-state index in [2.05, 4.69) is 25.8 Å². The molecule has 0 spiro atoms. The SMILES string of the molecule is CC(C)(C)OC(=O)N1C[C@@H]2CN(c3cc(N4CCCC4)nc(Cl)n3)C[C@@H]2C1. The normalized spacial score (nSPS) is 25.3. The minimum absolute atomic E-state index is 0.204. The molecule has 0 saturated carbocycles. The predicted molar refractivity (Wildman–Crippen MR) is 105 cm³/mol. The minimum atomic E-state index is -0.454. The van der Waals surface area contributed by atoms with Crippen molar-refractivity contribution in [3.63, 3.8) is 0 Å². The third kappa shape index (κ3) is 4.08. The highest BCUT2D eigenvalue weighted by Gasteiger charge is 2.43. The Morgan fingerprint density at radius 1 is 1.04 bits per heavy atom. The topological polar surface area (TPSA) is 61.8 Å². The third-order valence-electron chi connectivity index (χ3n) is 5.56. The first-order valence-electron chi connectivity index (χ1n) is 9.81. The molecule has 8 heteroatoms. The Balaban J connectivity index is 1.41. The van der Waals surface area contributed by atoms with Gasteiger partial charge in [0.05, 0.1) is 0 Å². The molecule has 0 bridgehead atoms. The molecule has 4 rings (SSSR count). The summed E-state index contributed by atoms with van der Waals surface area (Å²) in [5, 5.41) is 0.307. The molecule has 4 heterocycles. The number of hydrogen-bond acceptors (Lipinski definition) is 6. The largest absolute Gasteiger partial charge is 0.444 e. The van der Waals surface area contributed by atoms with Gasteiger partial charge >= 0.3 is 6.09 Å². The molecule has 2 atom stereocenters. The molecular formula is C19H28ClN5O2. The number of halogens is 1. The van der Waals surface area contributed by atoms with Gasteiger partial charge in [-0.2, -0.15) is 0 Å². The fourth-order valence-electron chi connectivity index (χ4n) is 4.32. The van der Waals surface area contributed by atoms with Gasteiger partial charge in [-0.3, -0.25) is 0 Å². The van der Waals surface area contributed by atoms with Gasteiger partial charge in [-0.15, -0.1) is 0 Å². The van der Waals surface area contributed by atoms with Crippen molar-refractivity contribution in [2.45, 2.75) is 39.2 Å². The molecule has 148 valence electrons. The fourth-order valence-corrected chi connectivity index (χ4v) is 4.49. The molecule has 0 aliphatic carbocycles. The molecule has 1 aromatic rings. The van der Waals surface area contributed by atoms with E-state index in [0.29, 0.717) is 17.1 Å². The number of rotatable bonds is 2. The van der Waals surface area contributed by atoms with E-state index in [1.807, 2.05) is 25.7 Å². The van der Waals surface area contributed by atoms with Crippen molar-refractivity contribution in [2.75, 3.05) is 49.1 Å². The summed E-state index contributed by atoms with van der Waals surface area (Å²) in [6.07, 6.45) is 2.20. The molecule has 3 aliphatic rings. The van der Waals surface area contributed by atoms with Crippen LogP contribution in [0.25, 0.3) is 0 Å². The van der Waals surface area contributed by atoms with E-state index >= 15 is 0 Å². The fraction of sp³-hybridized carbons (Fsp3) is 0.737. The second-order valence-corrected chi connectivity index (χ2v) is 9.20. The van der Waals surface area contributed by atoms with Crippen LogP contribution in [0.2, 0.25) is 5.28 Å². The van der Waals surface area contributed by atoms with Crippen molar-refractivity contribution in [3.05, 3.63) is 11.3 Å². The number of hydrogen-bond donors (Lipinski definition) is 0. The highest BCUT2D eigenvalue weighted by Crippen LogP contribution is 2.35. The lowest BCUT2D eigenvalue weighted by Crippen LogP contribution is -2.37. The van der Waals surface area contributed by atoms with Crippen LogP contribution in [0.3, 0.4) is 0 Å². The zero-order valence-corrected chi connectivity index (χ0v) is 17.1. The average molecular weight is 394 g/mol. The van der Waals surface area contributed by atoms with Gasteiger partial charge in [-0.25, -0.2) is 14.8 Å². The average Bonchev–Trinajstić information content (AvgIpc) is 3.28. The summed E-state index contributed by atoms with van der Waals surface area (Å²) in [5.41, 5.74) is -0.454. The van der Waals surface area contributed by atoms with Gasteiger partial charge in [-0.05, 0) is 45.2 Å². The third-order valence-corrected chi connectivity index (χ3v) is 5.73. The number of carbonyl (C=O) groups excluding carboxylic acids is 1. The van der Waals surface area contributed by atoms with Crippen LogP contribution >= 0.6 is 11.6 Å². The number of nitrogens with zero attached hydrogens (tertiary/aromatic N) is 5. The van der Waals surface area contributed by atoms with Gasteiger partial charge in [-0.1, -0.05) is 0 Å². The van der Waals surface area contributed by atoms with Crippen LogP contribution in [0.4, 0.5) is 16.4 Å². The molecule has 1 aromatic heterocycles. The molecule has 0 radical (unpaired) electrons. The minimum Gasteiger partial charge on any atom is -0.444 e. The first-order valence-corrected chi connectivity index (χ1v) is 10.2. The Bertz CT molecular complexity index is 703. The maximum atomic E-state index is 12.3. The van der Waals surface area contributed by atoms with E-state index in [0.717, 1.165) is 50.9 Å². The zero-order chi connectivity index (χ0) is 19.2. The van der Waals surface area contributed by atoms with Crippen molar-refractivity contribution in [3.8, 4) is 0 Å². The quantitative estimate of drug-likeness (QED) is 0.720. The molecule has 0 aromatic carbocycles. The number of carbonyl (C=O) groups is 1. The Hall–Kier alpha value is -1.76. The van der Waals surface area contributed by atoms with Crippen molar-refractivity contribution >= 4 is 29.3 Å². The van der Waals surface area contributed by atoms with Gasteiger partial charge in [0.1, 0.15) is 17.2 Å². The Morgan fingerprint density at radius 2 is 1.59 bits per heavy atom. The number of fused-ring (bicyclic) bond motifs is 1. The maximum Gasteiger partial charge on any atom is 0.410 e. The Kier molecular flexibility index (Phi) is 4.82. The van der Waals surface area contributed by atoms with Crippen molar-refractivity contribution in [1.29, 1.82) is 0 Å². The van der Waals surface area contributed by atoms with Gasteiger partial charge < -0.3 is 19.4 Å². The summed E-state index contributed by atoms with van der Waals surface area (Å²) in [6.45, 7) is 11.0. The zero-order valence-electron chi connectivity index (χ0n) is 16.3. The summed E-state index contributed by atoms with van der Waals surface area (Å²) >= 11 is 6.21. The molecule has 0 N–H and O–H groups in total. The van der Waals surface area contributed by atoms with Gasteiger partial charge in [0.2, 0.25) is 5.28 Å². The lowest BCUT2D eigenvalue weighted by atomic mass is 10.0. The molecule has 3 saturated heterocycles. The lowest BCUT2D eigenvalue weighted by Gasteiger charge is -2.26. The first kappa shape index (κ1) is 18.6. The predicted octanol–water partition coefficient (Wildman–Crippen LogP) is 3.03. The maximum absolute atomic E-state index is 12.3. The molecular weight excluding hydrogens is 366 g/mol. The summed E-state index contributed by atoms with van der Waals surface area (Å²) in [5.74, 6) is 2.72. The van der Waals surface area contributed by atoms with Crippen LogP contribution < -0.4 is 9.80 Å². The summed E-state index contributed by atoms with van der Waals surface area (Å²) in [4.78, 5) is 27.6. The smallest absolute Gasteiger partial charge is 0.410 e. The van der Waals surface area contributed by atoms with Gasteiger partial charge in [0.15, 0.2) is 0 Å². The highest BCUT2D eigenvalue weighted by molar-refractivity contribution is 6.28. The van der Waals surface area contributed by atoms with Crippen molar-refractivity contribution in [1.82, 2.24) is 14.9 Å². The van der Waals surface area contributed by atoms with E-state index in [4.69, 9.17) is 16.3 Å². The highest BCUT2D eigenvalue weighted by atomic mass is 35.5. The summed E-state index contributed by atoms with van der Waals surface area (Å²) < 4.78 is 5.52. The summed E-state index contributed by atoms with van der Waals surface area (Å²) in [6, 6.07) is 2.06. The number of aromatic nitrogens is 2. The van der Waals surface area contributed by atoms with E-state index < -0.39 is 5.60 Å². The monoisotopic (exact) mass is 393 g/mol. The van der Waals surface area contributed by atoms with Crippen LogP contribution in [-0.4, -0.2) is 65.8 Å². The summed E-state index contributed by atoms with van der Waals surface area (Å²) in [7, 11) is 0. The molecule has 3 fully saturated rings. The van der Waals surface area contributed by atoms with E-state index in [-0.39, 0.29) is 6.09 Å². The Morgan fingerprint density at radius 3 is 2.15 bits per heavy atom. The van der Waals surface area contributed by atoms with Crippen LogP contribution in [0, 0.1) is 11.8 Å². The lowest BCUT2D eigenvalue weighted by molar-refractivity contribution is 0.0282. The van der Waals surface area contributed by atoms with Crippen molar-refractivity contribution < 1.29 is 9.53 Å². The molecule has 27 heavy (non-hydrogen) atoms. The van der Waals surface area contributed by atoms with Gasteiger partial charge in [0.25, 0.3) is 0 Å². The van der Waals surface area contributed by atoms with Crippen LogP contribution in [0.15, 0.2) is 6.07 Å². The standard InChI is InChI=1S/C19H28ClN5O2/c1-19(2,3)27-18(26)25-11-13-9-24(10-14(13)12-25)16-8-15(21-17(20)22-16)23-6-4-5-7-23/h8,13-14H,4-7,9-12H2,1-3H3/t13-,14+. The molecule has 3 aliphatic heterocycles. The number of ether oxygens (including phenoxy) is 1. The Labute approximate surface area is 165 Å². The van der Waals surface area contributed by atoms with Crippen LogP contribution in [-0.2, 0) is 4.74 Å². The second kappa shape index (κ2) is 7.00. The molecule has 7 nitrogen and oxygen atoms in total. The molecule has 0 unspecified atom stereocenters. The number of likely N-dealkylation sites (tertiary alicyclic amines) is 1. The number of anilines is 2. The first-order chi connectivity index (χ1) is 12.8. The van der Waals surface area contributed by atoms with Crippen LogP contribution in [0.5, 0.6) is 0 Å².